The standard InChI is InChI=1S/C19H21ClN4O4S2/c1-12(2)19(15-5-4-8-29-15)22-18(25)11-24(17-9-13(3)28-23-17)30(26,27)14-6-7-16(20)21-10-14/h4-10,12,19H,11H2,1-3H3,(H,22,25). The molecule has 3 heterocycles. The highest BCUT2D eigenvalue weighted by atomic mass is 35.5. The van der Waals surface area contributed by atoms with E-state index in [2.05, 4.69) is 15.5 Å². The molecule has 11 heteroatoms. The van der Waals surface area contributed by atoms with Gasteiger partial charge in [0.2, 0.25) is 5.91 Å². The first-order valence-electron chi connectivity index (χ1n) is 9.09. The van der Waals surface area contributed by atoms with Crippen LogP contribution in [0.15, 0.2) is 51.3 Å². The quantitative estimate of drug-likeness (QED) is 0.504. The third-order valence-corrected chi connectivity index (χ3v) is 7.19. The summed E-state index contributed by atoms with van der Waals surface area (Å²) in [6, 6.07) is 7.75. The van der Waals surface area contributed by atoms with E-state index in [0.717, 1.165) is 15.4 Å². The molecule has 0 aromatic carbocycles. The Hall–Kier alpha value is -2.43. The third kappa shape index (κ3) is 5.00. The van der Waals surface area contributed by atoms with Crippen molar-refractivity contribution in [1.82, 2.24) is 15.5 Å². The molecule has 0 radical (unpaired) electrons. The van der Waals surface area contributed by atoms with Crippen molar-refractivity contribution in [2.24, 2.45) is 5.92 Å². The number of carbonyl (C=O) groups is 1. The van der Waals surface area contributed by atoms with Gasteiger partial charge in [-0.1, -0.05) is 36.7 Å². The van der Waals surface area contributed by atoms with Crippen LogP contribution in [0.4, 0.5) is 5.82 Å². The van der Waals surface area contributed by atoms with Gasteiger partial charge in [-0.2, -0.15) is 0 Å². The molecule has 3 aromatic rings. The number of aryl methyl sites for hydroxylation is 1. The van der Waals surface area contributed by atoms with Gasteiger partial charge < -0.3 is 9.84 Å². The molecule has 0 aliphatic rings. The van der Waals surface area contributed by atoms with E-state index in [-0.39, 0.29) is 27.8 Å². The summed E-state index contributed by atoms with van der Waals surface area (Å²) in [5, 5.41) is 8.81. The Labute approximate surface area is 183 Å². The molecule has 1 N–H and O–H groups in total. The number of halogens is 1. The lowest BCUT2D eigenvalue weighted by molar-refractivity contribution is -0.120. The number of amides is 1. The van der Waals surface area contributed by atoms with E-state index in [9.17, 15) is 13.2 Å². The number of nitrogens with zero attached hydrogens (tertiary/aromatic N) is 3. The molecule has 1 unspecified atom stereocenters. The Bertz CT molecular complexity index is 1100. The zero-order chi connectivity index (χ0) is 21.9. The normalized spacial score (nSPS) is 12.7. The largest absolute Gasteiger partial charge is 0.360 e. The number of pyridine rings is 1. The molecule has 0 aliphatic heterocycles. The topological polar surface area (TPSA) is 105 Å². The first-order chi connectivity index (χ1) is 14.2. The van der Waals surface area contributed by atoms with Crippen LogP contribution in [-0.4, -0.2) is 31.0 Å². The SMILES string of the molecule is Cc1cc(N(CC(=O)NC(c2cccs2)C(C)C)S(=O)(=O)c2ccc(Cl)nc2)no1. The summed E-state index contributed by atoms with van der Waals surface area (Å²) in [7, 11) is -4.13. The summed E-state index contributed by atoms with van der Waals surface area (Å²) in [5.74, 6) is 0.0778. The second-order valence-corrected chi connectivity index (χ2v) is 10.2. The van der Waals surface area contributed by atoms with Crippen LogP contribution in [0, 0.1) is 12.8 Å². The summed E-state index contributed by atoms with van der Waals surface area (Å²) in [4.78, 5) is 17.6. The minimum atomic E-state index is -4.13. The molecule has 30 heavy (non-hydrogen) atoms. The summed E-state index contributed by atoms with van der Waals surface area (Å²) in [6.07, 6.45) is 1.14. The summed E-state index contributed by atoms with van der Waals surface area (Å²) < 4.78 is 32.4. The fourth-order valence-corrected chi connectivity index (χ4v) is 5.15. The molecule has 0 fully saturated rings. The van der Waals surface area contributed by atoms with E-state index in [1.165, 1.54) is 29.5 Å². The van der Waals surface area contributed by atoms with Crippen molar-refractivity contribution in [3.05, 3.63) is 57.7 Å². The predicted molar refractivity (Wildman–Crippen MR) is 115 cm³/mol. The van der Waals surface area contributed by atoms with Crippen LogP contribution < -0.4 is 9.62 Å². The van der Waals surface area contributed by atoms with E-state index in [4.69, 9.17) is 16.1 Å². The van der Waals surface area contributed by atoms with Gasteiger partial charge in [-0.15, -0.1) is 11.3 Å². The Morgan fingerprint density at radius 3 is 2.63 bits per heavy atom. The highest BCUT2D eigenvalue weighted by Gasteiger charge is 2.31. The van der Waals surface area contributed by atoms with E-state index in [1.54, 1.807) is 6.92 Å². The Morgan fingerprint density at radius 2 is 2.10 bits per heavy atom. The average molecular weight is 469 g/mol. The van der Waals surface area contributed by atoms with E-state index >= 15 is 0 Å². The van der Waals surface area contributed by atoms with Crippen LogP contribution in [0.25, 0.3) is 0 Å². The monoisotopic (exact) mass is 468 g/mol. The van der Waals surface area contributed by atoms with Crippen molar-refractivity contribution in [3.63, 3.8) is 0 Å². The number of nitrogens with one attached hydrogen (secondary N) is 1. The van der Waals surface area contributed by atoms with Gasteiger partial charge in [-0.05, 0) is 36.4 Å². The zero-order valence-electron chi connectivity index (χ0n) is 16.6. The molecule has 1 amide bonds. The highest BCUT2D eigenvalue weighted by molar-refractivity contribution is 7.92. The fraction of sp³-hybridized carbons (Fsp3) is 0.316. The second kappa shape index (κ2) is 9.15. The van der Waals surface area contributed by atoms with Gasteiger partial charge in [0.05, 0.1) is 6.04 Å². The molecule has 160 valence electrons. The van der Waals surface area contributed by atoms with Crippen LogP contribution in [0.3, 0.4) is 0 Å². The third-order valence-electron chi connectivity index (χ3n) is 4.28. The van der Waals surface area contributed by atoms with Gasteiger partial charge in [-0.25, -0.2) is 17.7 Å². The lowest BCUT2D eigenvalue weighted by atomic mass is 10.0. The predicted octanol–water partition coefficient (Wildman–Crippen LogP) is 3.80. The van der Waals surface area contributed by atoms with Gasteiger partial charge in [0.15, 0.2) is 5.82 Å². The summed E-state index contributed by atoms with van der Waals surface area (Å²) >= 11 is 7.30. The van der Waals surface area contributed by atoms with Crippen LogP contribution >= 0.6 is 22.9 Å². The van der Waals surface area contributed by atoms with Gasteiger partial charge in [0, 0.05) is 17.1 Å². The number of hydrogen-bond donors (Lipinski definition) is 1. The molecule has 0 bridgehead atoms. The van der Waals surface area contributed by atoms with Gasteiger partial charge >= 0.3 is 0 Å². The molecule has 0 spiro atoms. The fourth-order valence-electron chi connectivity index (χ4n) is 2.79. The molecule has 0 aliphatic carbocycles. The molecule has 8 nitrogen and oxygen atoms in total. The first-order valence-corrected chi connectivity index (χ1v) is 11.8. The van der Waals surface area contributed by atoms with Crippen LogP contribution in [-0.2, 0) is 14.8 Å². The molecule has 3 aromatic heterocycles. The van der Waals surface area contributed by atoms with Crippen molar-refractivity contribution >= 4 is 44.7 Å². The van der Waals surface area contributed by atoms with E-state index in [1.807, 2.05) is 31.4 Å². The number of carbonyl (C=O) groups excluding carboxylic acids is 1. The maximum Gasteiger partial charge on any atom is 0.267 e. The number of sulfonamides is 1. The Morgan fingerprint density at radius 1 is 1.33 bits per heavy atom. The Balaban J connectivity index is 1.90. The lowest BCUT2D eigenvalue weighted by Gasteiger charge is -2.25. The van der Waals surface area contributed by atoms with Gasteiger partial charge in [0.1, 0.15) is 22.4 Å². The molecule has 3 rings (SSSR count). The maximum atomic E-state index is 13.2. The molecular formula is C19H21ClN4O4S2. The van der Waals surface area contributed by atoms with Gasteiger partial charge in [-0.3, -0.25) is 4.79 Å². The minimum absolute atomic E-state index is 0.00909. The van der Waals surface area contributed by atoms with Crippen molar-refractivity contribution in [2.45, 2.75) is 31.7 Å². The number of rotatable bonds is 8. The Kier molecular flexibility index (Phi) is 6.79. The highest BCUT2D eigenvalue weighted by Crippen LogP contribution is 2.27. The average Bonchev–Trinajstić information content (AvgIpc) is 3.36. The van der Waals surface area contributed by atoms with Crippen molar-refractivity contribution in [3.8, 4) is 0 Å². The molecular weight excluding hydrogens is 448 g/mol. The second-order valence-electron chi connectivity index (χ2n) is 6.93. The van der Waals surface area contributed by atoms with Gasteiger partial charge in [0.25, 0.3) is 10.0 Å². The van der Waals surface area contributed by atoms with Crippen LogP contribution in [0.2, 0.25) is 5.15 Å². The van der Waals surface area contributed by atoms with E-state index < -0.39 is 22.5 Å². The number of anilines is 1. The lowest BCUT2D eigenvalue weighted by Crippen LogP contribution is -2.43. The zero-order valence-corrected chi connectivity index (χ0v) is 19.0. The van der Waals surface area contributed by atoms with Crippen molar-refractivity contribution in [1.29, 1.82) is 0 Å². The molecule has 0 saturated heterocycles. The van der Waals surface area contributed by atoms with Crippen molar-refractivity contribution < 1.29 is 17.7 Å². The first kappa shape index (κ1) is 22.3. The summed E-state index contributed by atoms with van der Waals surface area (Å²) in [5.41, 5.74) is 0. The maximum absolute atomic E-state index is 13.2. The van der Waals surface area contributed by atoms with Crippen LogP contribution in [0.1, 0.15) is 30.5 Å². The van der Waals surface area contributed by atoms with Crippen LogP contribution in [0.5, 0.6) is 0 Å². The van der Waals surface area contributed by atoms with E-state index in [0.29, 0.717) is 5.76 Å². The smallest absolute Gasteiger partial charge is 0.267 e. The minimum Gasteiger partial charge on any atom is -0.360 e. The number of hydrogen-bond acceptors (Lipinski definition) is 7. The number of aromatic nitrogens is 2. The van der Waals surface area contributed by atoms with Crippen molar-refractivity contribution in [2.75, 3.05) is 10.8 Å². The molecule has 0 saturated carbocycles. The summed E-state index contributed by atoms with van der Waals surface area (Å²) in [6.45, 7) is 5.14. The number of thiophene rings is 1. The molecule has 1 atom stereocenters.